The first kappa shape index (κ1) is 10.3. The van der Waals surface area contributed by atoms with Crippen molar-refractivity contribution in [1.82, 2.24) is 5.32 Å². The number of nitrogens with one attached hydrogen (secondary N) is 1. The van der Waals surface area contributed by atoms with Crippen LogP contribution in [0, 0.1) is 5.92 Å². The molecule has 2 nitrogen and oxygen atoms in total. The maximum Gasteiger partial charge on any atom is 0.283 e. The number of hydrogen-bond acceptors (Lipinski definition) is 2. The van der Waals surface area contributed by atoms with E-state index in [1.165, 1.54) is 0 Å². The lowest BCUT2D eigenvalue weighted by atomic mass is 10.3. The summed E-state index contributed by atoms with van der Waals surface area (Å²) >= 11 is 0. The fourth-order valence-electron chi connectivity index (χ4n) is 1.29. The second-order valence-electron chi connectivity index (χ2n) is 4.47. The Morgan fingerprint density at radius 1 is 1.21 bits per heavy atom. The summed E-state index contributed by atoms with van der Waals surface area (Å²) < 4.78 is 31.2. The van der Waals surface area contributed by atoms with Gasteiger partial charge in [0.1, 0.15) is 6.61 Å². The van der Waals surface area contributed by atoms with Gasteiger partial charge in [0.2, 0.25) is 0 Å². The topological polar surface area (TPSA) is 21.3 Å². The van der Waals surface area contributed by atoms with Crippen molar-refractivity contribution in [2.45, 2.75) is 37.6 Å². The summed E-state index contributed by atoms with van der Waals surface area (Å²) in [5.74, 6) is -2.14. The van der Waals surface area contributed by atoms with Crippen molar-refractivity contribution in [3.05, 3.63) is 0 Å². The van der Waals surface area contributed by atoms with Crippen LogP contribution in [-0.4, -0.2) is 31.7 Å². The Hall–Kier alpha value is -0.220. The molecule has 0 aromatic heterocycles. The average Bonchev–Trinajstić information content (AvgIpc) is 2.97. The molecule has 0 amide bonds. The highest BCUT2D eigenvalue weighted by Gasteiger charge is 2.33. The maximum atomic E-state index is 13.1. The van der Waals surface area contributed by atoms with Gasteiger partial charge in [0, 0.05) is 12.6 Å². The minimum Gasteiger partial charge on any atom is -0.375 e. The van der Waals surface area contributed by atoms with E-state index in [1.54, 1.807) is 0 Å². The van der Waals surface area contributed by atoms with Gasteiger partial charge in [-0.25, -0.2) is 8.78 Å². The Kier molecular flexibility index (Phi) is 3.02. The Balaban J connectivity index is 1.54. The summed E-state index contributed by atoms with van der Waals surface area (Å²) in [6.45, 7) is -0.148. The molecule has 2 saturated carbocycles. The highest BCUT2D eigenvalue weighted by Crippen LogP contribution is 2.29. The van der Waals surface area contributed by atoms with Crippen molar-refractivity contribution in [3.63, 3.8) is 0 Å². The fourth-order valence-corrected chi connectivity index (χ4v) is 1.29. The van der Waals surface area contributed by atoms with Gasteiger partial charge in [0.15, 0.2) is 0 Å². The zero-order chi connectivity index (χ0) is 10.0. The molecule has 0 unspecified atom stereocenters. The molecule has 0 aromatic rings. The first-order chi connectivity index (χ1) is 6.66. The van der Waals surface area contributed by atoms with Gasteiger partial charge in [0.25, 0.3) is 5.92 Å². The van der Waals surface area contributed by atoms with E-state index in [0.29, 0.717) is 18.6 Å². The minimum atomic E-state index is -2.70. The second kappa shape index (κ2) is 4.11. The third-order valence-electron chi connectivity index (χ3n) is 2.59. The van der Waals surface area contributed by atoms with E-state index in [9.17, 15) is 8.78 Å². The molecule has 14 heavy (non-hydrogen) atoms. The van der Waals surface area contributed by atoms with Crippen molar-refractivity contribution in [2.75, 3.05) is 19.8 Å². The molecule has 2 aliphatic carbocycles. The van der Waals surface area contributed by atoms with E-state index < -0.39 is 12.5 Å². The molecule has 0 aromatic carbocycles. The Bertz CT molecular complexity index is 191. The molecule has 0 spiro atoms. The van der Waals surface area contributed by atoms with Gasteiger partial charge in [-0.1, -0.05) is 0 Å². The molecular weight excluding hydrogens is 188 g/mol. The first-order valence-corrected chi connectivity index (χ1v) is 5.35. The summed E-state index contributed by atoms with van der Waals surface area (Å²) in [5.41, 5.74) is 0. The molecular formula is C10H17F2NO. The molecule has 2 fully saturated rings. The third kappa shape index (κ3) is 3.88. The van der Waals surface area contributed by atoms with E-state index in [1.807, 2.05) is 0 Å². The molecule has 1 N–H and O–H groups in total. The van der Waals surface area contributed by atoms with Crippen LogP contribution in [0.25, 0.3) is 0 Å². The quantitative estimate of drug-likeness (QED) is 0.684. The zero-order valence-corrected chi connectivity index (χ0v) is 8.27. The Morgan fingerprint density at radius 3 is 2.50 bits per heavy atom. The lowest BCUT2D eigenvalue weighted by Crippen LogP contribution is -2.38. The number of ether oxygens (including phenoxy) is 1. The lowest BCUT2D eigenvalue weighted by Gasteiger charge is -2.16. The van der Waals surface area contributed by atoms with E-state index in [4.69, 9.17) is 4.74 Å². The summed E-state index contributed by atoms with van der Waals surface area (Å²) in [5, 5.41) is 2.82. The summed E-state index contributed by atoms with van der Waals surface area (Å²) in [4.78, 5) is 0. The SMILES string of the molecule is FC(F)(CNC1CC1)COCC1CC1. The largest absolute Gasteiger partial charge is 0.375 e. The smallest absolute Gasteiger partial charge is 0.283 e. The van der Waals surface area contributed by atoms with Crippen LogP contribution in [0.5, 0.6) is 0 Å². The predicted molar refractivity (Wildman–Crippen MR) is 49.5 cm³/mol. The fraction of sp³-hybridized carbons (Fsp3) is 1.00. The van der Waals surface area contributed by atoms with Gasteiger partial charge in [-0.3, -0.25) is 0 Å². The molecule has 0 aliphatic heterocycles. The van der Waals surface area contributed by atoms with Gasteiger partial charge in [-0.05, 0) is 31.6 Å². The number of alkyl halides is 2. The summed E-state index contributed by atoms with van der Waals surface area (Å²) in [7, 11) is 0. The van der Waals surface area contributed by atoms with Crippen molar-refractivity contribution in [1.29, 1.82) is 0 Å². The average molecular weight is 205 g/mol. The molecule has 0 radical (unpaired) electrons. The van der Waals surface area contributed by atoms with Gasteiger partial charge in [-0.15, -0.1) is 0 Å². The van der Waals surface area contributed by atoms with Crippen molar-refractivity contribution >= 4 is 0 Å². The second-order valence-corrected chi connectivity index (χ2v) is 4.47. The van der Waals surface area contributed by atoms with Crippen LogP contribution in [0.3, 0.4) is 0 Å². The van der Waals surface area contributed by atoms with Gasteiger partial charge < -0.3 is 10.1 Å². The van der Waals surface area contributed by atoms with Crippen molar-refractivity contribution in [3.8, 4) is 0 Å². The van der Waals surface area contributed by atoms with Crippen LogP contribution >= 0.6 is 0 Å². The van der Waals surface area contributed by atoms with E-state index >= 15 is 0 Å². The van der Waals surface area contributed by atoms with Crippen LogP contribution in [0.15, 0.2) is 0 Å². The molecule has 2 rings (SSSR count). The molecule has 82 valence electrons. The first-order valence-electron chi connectivity index (χ1n) is 5.35. The Morgan fingerprint density at radius 2 is 1.93 bits per heavy atom. The molecule has 4 heteroatoms. The highest BCUT2D eigenvalue weighted by molar-refractivity contribution is 4.83. The number of hydrogen-bond donors (Lipinski definition) is 1. The van der Waals surface area contributed by atoms with Crippen LogP contribution in [0.4, 0.5) is 8.78 Å². The number of halogens is 2. The molecule has 0 atom stereocenters. The highest BCUT2D eigenvalue weighted by atomic mass is 19.3. The van der Waals surface area contributed by atoms with Gasteiger partial charge in [-0.2, -0.15) is 0 Å². The molecule has 0 heterocycles. The molecule has 0 bridgehead atoms. The normalized spacial score (nSPS) is 22.7. The standard InChI is InChI=1S/C10H17F2NO/c11-10(12,6-13-9-3-4-9)7-14-5-8-1-2-8/h8-9,13H,1-7H2. The van der Waals surface area contributed by atoms with Crippen molar-refractivity contribution in [2.24, 2.45) is 5.92 Å². The molecule has 0 saturated heterocycles. The number of rotatable bonds is 7. The van der Waals surface area contributed by atoms with E-state index in [-0.39, 0.29) is 6.54 Å². The van der Waals surface area contributed by atoms with Crippen LogP contribution in [-0.2, 0) is 4.74 Å². The Labute approximate surface area is 83.0 Å². The van der Waals surface area contributed by atoms with Crippen LogP contribution in [0.1, 0.15) is 25.7 Å². The predicted octanol–water partition coefficient (Wildman–Crippen LogP) is 1.80. The molecule has 2 aliphatic rings. The van der Waals surface area contributed by atoms with Gasteiger partial charge >= 0.3 is 0 Å². The van der Waals surface area contributed by atoms with Crippen LogP contribution < -0.4 is 5.32 Å². The summed E-state index contributed by atoms with van der Waals surface area (Å²) in [6, 6.07) is 0.337. The maximum absolute atomic E-state index is 13.1. The monoisotopic (exact) mass is 205 g/mol. The van der Waals surface area contributed by atoms with E-state index in [0.717, 1.165) is 25.7 Å². The van der Waals surface area contributed by atoms with Gasteiger partial charge in [0.05, 0.1) is 6.54 Å². The van der Waals surface area contributed by atoms with Crippen LogP contribution in [0.2, 0.25) is 0 Å². The summed E-state index contributed by atoms with van der Waals surface area (Å²) in [6.07, 6.45) is 4.37. The van der Waals surface area contributed by atoms with E-state index in [2.05, 4.69) is 5.32 Å². The van der Waals surface area contributed by atoms with Crippen molar-refractivity contribution < 1.29 is 13.5 Å². The zero-order valence-electron chi connectivity index (χ0n) is 8.27. The minimum absolute atomic E-state index is 0.234. The lowest BCUT2D eigenvalue weighted by molar-refractivity contribution is -0.0767. The third-order valence-corrected chi connectivity index (χ3v) is 2.59.